The van der Waals surface area contributed by atoms with Gasteiger partial charge in [0.05, 0.1) is 12.4 Å². The predicted octanol–water partition coefficient (Wildman–Crippen LogP) is 1.02. The van der Waals surface area contributed by atoms with Crippen molar-refractivity contribution in [2.45, 2.75) is 38.8 Å². The third-order valence-electron chi connectivity index (χ3n) is 3.74. The van der Waals surface area contributed by atoms with Gasteiger partial charge in [-0.05, 0) is 30.9 Å². The van der Waals surface area contributed by atoms with E-state index in [9.17, 15) is 14.7 Å². The van der Waals surface area contributed by atoms with E-state index < -0.39 is 6.04 Å². The molecule has 2 rings (SSSR count). The molecule has 1 aromatic rings. The van der Waals surface area contributed by atoms with Crippen molar-refractivity contribution in [1.82, 2.24) is 10.2 Å². The second-order valence-electron chi connectivity index (χ2n) is 5.73. The molecule has 0 bridgehead atoms. The Balaban J connectivity index is 2.01. The molecule has 6 heteroatoms. The van der Waals surface area contributed by atoms with Gasteiger partial charge in [0.1, 0.15) is 6.04 Å². The van der Waals surface area contributed by atoms with Crippen LogP contribution in [0.25, 0.3) is 0 Å². The summed E-state index contributed by atoms with van der Waals surface area (Å²) in [6.45, 7) is 4.84. The molecule has 1 saturated heterocycles. The maximum Gasteiger partial charge on any atom is 0.287 e. The summed E-state index contributed by atoms with van der Waals surface area (Å²) in [5, 5.41) is 12.2. The van der Waals surface area contributed by atoms with Crippen LogP contribution < -0.4 is 5.32 Å². The highest BCUT2D eigenvalue weighted by atomic mass is 16.3. The first-order valence-corrected chi connectivity index (χ1v) is 7.30. The highest BCUT2D eigenvalue weighted by Gasteiger charge is 2.31. The van der Waals surface area contributed by atoms with Crippen LogP contribution in [-0.2, 0) is 4.79 Å². The number of hydrogen-bond acceptors (Lipinski definition) is 4. The van der Waals surface area contributed by atoms with E-state index in [0.717, 1.165) is 0 Å². The van der Waals surface area contributed by atoms with E-state index in [1.54, 1.807) is 17.0 Å². The molecule has 0 aromatic carbocycles. The van der Waals surface area contributed by atoms with Crippen molar-refractivity contribution in [2.24, 2.45) is 5.92 Å². The van der Waals surface area contributed by atoms with E-state index in [1.165, 1.54) is 6.26 Å². The molecule has 1 aliphatic heterocycles. The highest BCUT2D eigenvalue weighted by Crippen LogP contribution is 2.14. The zero-order valence-corrected chi connectivity index (χ0v) is 12.4. The Morgan fingerprint density at radius 1 is 1.38 bits per heavy atom. The Bertz CT molecular complexity index is 476. The molecule has 0 saturated carbocycles. The molecule has 1 aliphatic rings. The molecule has 2 amide bonds. The maximum absolute atomic E-state index is 12.6. The van der Waals surface area contributed by atoms with E-state index in [1.807, 2.05) is 13.8 Å². The van der Waals surface area contributed by atoms with Crippen molar-refractivity contribution in [3.05, 3.63) is 24.2 Å². The quantitative estimate of drug-likeness (QED) is 0.868. The Hall–Kier alpha value is -1.82. The lowest BCUT2D eigenvalue weighted by atomic mass is 10.0. The molecule has 6 nitrogen and oxygen atoms in total. The van der Waals surface area contributed by atoms with Crippen LogP contribution in [-0.4, -0.2) is 47.1 Å². The molecule has 21 heavy (non-hydrogen) atoms. The fraction of sp³-hybridized carbons (Fsp3) is 0.600. The van der Waals surface area contributed by atoms with E-state index >= 15 is 0 Å². The standard InChI is InChI=1S/C15H22N2O4/c1-10(2)13(16-14(19)12-4-3-9-21-12)15(20)17-7-5-11(18)6-8-17/h3-4,9-11,13,18H,5-8H2,1-2H3,(H,16,19). The third-order valence-corrected chi connectivity index (χ3v) is 3.74. The molecule has 0 spiro atoms. The van der Waals surface area contributed by atoms with Gasteiger partial charge < -0.3 is 19.7 Å². The Labute approximate surface area is 124 Å². The smallest absolute Gasteiger partial charge is 0.287 e. The van der Waals surface area contributed by atoms with Gasteiger partial charge in [-0.3, -0.25) is 9.59 Å². The second kappa shape index (κ2) is 6.76. The number of carbonyl (C=O) groups is 2. The van der Waals surface area contributed by atoms with Crippen LogP contribution in [0.15, 0.2) is 22.8 Å². The number of hydrogen-bond donors (Lipinski definition) is 2. The topological polar surface area (TPSA) is 82.8 Å². The zero-order valence-electron chi connectivity index (χ0n) is 12.4. The summed E-state index contributed by atoms with van der Waals surface area (Å²) >= 11 is 0. The summed E-state index contributed by atoms with van der Waals surface area (Å²) in [4.78, 5) is 26.3. The summed E-state index contributed by atoms with van der Waals surface area (Å²) in [5.41, 5.74) is 0. The zero-order chi connectivity index (χ0) is 15.4. The lowest BCUT2D eigenvalue weighted by molar-refractivity contribution is -0.136. The summed E-state index contributed by atoms with van der Waals surface area (Å²) in [5.74, 6) is -0.313. The van der Waals surface area contributed by atoms with Crippen LogP contribution in [0.4, 0.5) is 0 Å². The van der Waals surface area contributed by atoms with Gasteiger partial charge >= 0.3 is 0 Å². The number of piperidine rings is 1. The SMILES string of the molecule is CC(C)C(NC(=O)c1ccco1)C(=O)N1CCC(O)CC1. The van der Waals surface area contributed by atoms with Gasteiger partial charge in [0, 0.05) is 13.1 Å². The number of aliphatic hydroxyl groups excluding tert-OH is 1. The fourth-order valence-corrected chi connectivity index (χ4v) is 2.42. The van der Waals surface area contributed by atoms with Gasteiger partial charge in [0.15, 0.2) is 5.76 Å². The number of nitrogens with zero attached hydrogens (tertiary/aromatic N) is 1. The average Bonchev–Trinajstić information content (AvgIpc) is 2.98. The Morgan fingerprint density at radius 2 is 2.05 bits per heavy atom. The van der Waals surface area contributed by atoms with Crippen LogP contribution in [0.2, 0.25) is 0 Å². The molecule has 2 heterocycles. The van der Waals surface area contributed by atoms with Crippen molar-refractivity contribution in [2.75, 3.05) is 13.1 Å². The van der Waals surface area contributed by atoms with Crippen LogP contribution in [0.1, 0.15) is 37.2 Å². The van der Waals surface area contributed by atoms with Gasteiger partial charge in [-0.25, -0.2) is 0 Å². The lowest BCUT2D eigenvalue weighted by Gasteiger charge is -2.33. The largest absolute Gasteiger partial charge is 0.459 e. The number of rotatable bonds is 4. The minimum atomic E-state index is -0.585. The van der Waals surface area contributed by atoms with Crippen LogP contribution in [0.5, 0.6) is 0 Å². The summed E-state index contributed by atoms with van der Waals surface area (Å²) in [7, 11) is 0. The summed E-state index contributed by atoms with van der Waals surface area (Å²) in [6.07, 6.45) is 2.27. The van der Waals surface area contributed by atoms with E-state index in [0.29, 0.717) is 25.9 Å². The number of aliphatic hydroxyl groups is 1. The first-order valence-electron chi connectivity index (χ1n) is 7.30. The van der Waals surface area contributed by atoms with E-state index in [4.69, 9.17) is 4.42 Å². The minimum absolute atomic E-state index is 0.0248. The third kappa shape index (κ3) is 3.85. The van der Waals surface area contributed by atoms with Gasteiger partial charge in [-0.15, -0.1) is 0 Å². The first-order chi connectivity index (χ1) is 9.99. The molecule has 116 valence electrons. The van der Waals surface area contributed by atoms with Crippen LogP contribution >= 0.6 is 0 Å². The molecule has 1 aromatic heterocycles. The van der Waals surface area contributed by atoms with Crippen molar-refractivity contribution in [1.29, 1.82) is 0 Å². The monoisotopic (exact) mass is 294 g/mol. The molecule has 1 unspecified atom stereocenters. The Kier molecular flexibility index (Phi) is 5.01. The molecule has 1 atom stereocenters. The van der Waals surface area contributed by atoms with Gasteiger partial charge in [-0.1, -0.05) is 13.8 Å². The van der Waals surface area contributed by atoms with Gasteiger partial charge in [0.25, 0.3) is 5.91 Å². The Morgan fingerprint density at radius 3 is 2.57 bits per heavy atom. The van der Waals surface area contributed by atoms with Crippen molar-refractivity contribution < 1.29 is 19.1 Å². The lowest BCUT2D eigenvalue weighted by Crippen LogP contribution is -2.53. The first kappa shape index (κ1) is 15.6. The summed E-state index contributed by atoms with van der Waals surface area (Å²) in [6, 6.07) is 2.61. The average molecular weight is 294 g/mol. The normalized spacial score (nSPS) is 17.8. The molecule has 0 aliphatic carbocycles. The van der Waals surface area contributed by atoms with E-state index in [-0.39, 0.29) is 29.6 Å². The predicted molar refractivity (Wildman–Crippen MR) is 76.6 cm³/mol. The molecule has 1 fully saturated rings. The molecule has 0 radical (unpaired) electrons. The minimum Gasteiger partial charge on any atom is -0.459 e. The van der Waals surface area contributed by atoms with Crippen LogP contribution in [0, 0.1) is 5.92 Å². The number of likely N-dealkylation sites (tertiary alicyclic amines) is 1. The van der Waals surface area contributed by atoms with Crippen molar-refractivity contribution >= 4 is 11.8 Å². The molecular weight excluding hydrogens is 272 g/mol. The maximum atomic E-state index is 12.6. The molecule has 2 N–H and O–H groups in total. The molecular formula is C15H22N2O4. The number of furan rings is 1. The summed E-state index contributed by atoms with van der Waals surface area (Å²) < 4.78 is 5.05. The van der Waals surface area contributed by atoms with Gasteiger partial charge in [0.2, 0.25) is 5.91 Å². The van der Waals surface area contributed by atoms with E-state index in [2.05, 4.69) is 5.32 Å². The fourth-order valence-electron chi connectivity index (χ4n) is 2.42. The second-order valence-corrected chi connectivity index (χ2v) is 5.73. The van der Waals surface area contributed by atoms with Crippen LogP contribution in [0.3, 0.4) is 0 Å². The number of nitrogens with one attached hydrogen (secondary N) is 1. The number of amides is 2. The number of carbonyl (C=O) groups excluding carboxylic acids is 2. The van der Waals surface area contributed by atoms with Gasteiger partial charge in [-0.2, -0.15) is 0 Å². The van der Waals surface area contributed by atoms with Crippen molar-refractivity contribution in [3.63, 3.8) is 0 Å². The van der Waals surface area contributed by atoms with Crippen molar-refractivity contribution in [3.8, 4) is 0 Å². The highest BCUT2D eigenvalue weighted by molar-refractivity contribution is 5.95.